The van der Waals surface area contributed by atoms with E-state index in [1.807, 2.05) is 19.9 Å². The molecule has 2 aromatic carbocycles. The number of benzene rings is 2. The maximum absolute atomic E-state index is 11.9. The molecular formula is C21H19ClIN3O2. The number of hydrogen-bond acceptors (Lipinski definition) is 3. The van der Waals surface area contributed by atoms with Crippen LogP contribution >= 0.6 is 34.2 Å². The molecular weight excluding hydrogens is 489 g/mol. The molecule has 0 fully saturated rings. The third kappa shape index (κ3) is 4.94. The lowest BCUT2D eigenvalue weighted by Gasteiger charge is -2.09. The number of hydrogen-bond donors (Lipinski definition) is 1. The fraction of sp³-hybridized carbons (Fsp3) is 0.143. The minimum Gasteiger partial charge on any atom is -0.482 e. The molecule has 0 unspecified atom stereocenters. The highest BCUT2D eigenvalue weighted by Gasteiger charge is 2.10. The molecule has 0 spiro atoms. The van der Waals surface area contributed by atoms with Crippen LogP contribution in [-0.4, -0.2) is 23.3 Å². The van der Waals surface area contributed by atoms with Crippen molar-refractivity contribution in [1.82, 2.24) is 9.99 Å². The molecule has 0 aliphatic carbocycles. The predicted octanol–water partition coefficient (Wildman–Crippen LogP) is 4.88. The number of aromatic nitrogens is 1. The number of nitrogens with zero attached hydrogens (tertiary/aromatic N) is 2. The normalized spacial score (nSPS) is 11.0. The van der Waals surface area contributed by atoms with Gasteiger partial charge < -0.3 is 9.30 Å². The van der Waals surface area contributed by atoms with Gasteiger partial charge in [0.25, 0.3) is 5.91 Å². The topological polar surface area (TPSA) is 55.6 Å². The van der Waals surface area contributed by atoms with E-state index in [1.165, 1.54) is 3.57 Å². The van der Waals surface area contributed by atoms with Crippen LogP contribution in [0.3, 0.4) is 0 Å². The zero-order valence-corrected chi connectivity index (χ0v) is 18.4. The number of para-hydroxylation sites is 1. The average Bonchev–Trinajstić information content (AvgIpc) is 2.95. The summed E-state index contributed by atoms with van der Waals surface area (Å²) in [4.78, 5) is 11.9. The first kappa shape index (κ1) is 20.4. The monoisotopic (exact) mass is 507 g/mol. The van der Waals surface area contributed by atoms with Crippen molar-refractivity contribution in [3.8, 4) is 11.4 Å². The molecule has 0 atom stereocenters. The minimum atomic E-state index is -0.359. The largest absolute Gasteiger partial charge is 0.482 e. The van der Waals surface area contributed by atoms with Gasteiger partial charge in [-0.1, -0.05) is 23.7 Å². The van der Waals surface area contributed by atoms with E-state index in [2.05, 4.69) is 62.0 Å². The van der Waals surface area contributed by atoms with Crippen LogP contribution in [0.15, 0.2) is 59.7 Å². The van der Waals surface area contributed by atoms with Gasteiger partial charge in [0.15, 0.2) is 6.61 Å². The van der Waals surface area contributed by atoms with Crippen molar-refractivity contribution < 1.29 is 9.53 Å². The number of hydrazone groups is 1. The van der Waals surface area contributed by atoms with Gasteiger partial charge in [0, 0.05) is 26.2 Å². The van der Waals surface area contributed by atoms with Gasteiger partial charge in [0.2, 0.25) is 0 Å². The summed E-state index contributed by atoms with van der Waals surface area (Å²) in [5.74, 6) is 0.104. The Balaban J connectivity index is 1.63. The van der Waals surface area contributed by atoms with E-state index in [9.17, 15) is 4.79 Å². The summed E-state index contributed by atoms with van der Waals surface area (Å²) in [7, 11) is 0. The van der Waals surface area contributed by atoms with Crippen LogP contribution in [0.5, 0.6) is 5.75 Å². The zero-order valence-electron chi connectivity index (χ0n) is 15.4. The molecule has 1 N–H and O–H groups in total. The summed E-state index contributed by atoms with van der Waals surface area (Å²) < 4.78 is 8.73. The number of nitrogens with one attached hydrogen (secondary N) is 1. The molecule has 1 amide bonds. The van der Waals surface area contributed by atoms with E-state index in [0.717, 1.165) is 22.6 Å². The second-order valence-electron chi connectivity index (χ2n) is 6.15. The molecule has 28 heavy (non-hydrogen) atoms. The van der Waals surface area contributed by atoms with Gasteiger partial charge in [-0.05, 0) is 78.9 Å². The Bertz CT molecular complexity index is 1010. The van der Waals surface area contributed by atoms with E-state index < -0.39 is 0 Å². The lowest BCUT2D eigenvalue weighted by atomic mass is 10.2. The number of rotatable bonds is 6. The molecule has 0 saturated heterocycles. The van der Waals surface area contributed by atoms with Crippen LogP contribution in [0.2, 0.25) is 5.02 Å². The lowest BCUT2D eigenvalue weighted by molar-refractivity contribution is -0.123. The summed E-state index contributed by atoms with van der Waals surface area (Å²) in [6, 6.07) is 17.3. The van der Waals surface area contributed by atoms with Crippen LogP contribution < -0.4 is 10.2 Å². The first-order valence-electron chi connectivity index (χ1n) is 8.60. The van der Waals surface area contributed by atoms with Gasteiger partial charge in [-0.25, -0.2) is 5.43 Å². The molecule has 5 nitrogen and oxygen atoms in total. The summed E-state index contributed by atoms with van der Waals surface area (Å²) in [6.45, 7) is 3.90. The highest BCUT2D eigenvalue weighted by Crippen LogP contribution is 2.23. The average molecular weight is 508 g/mol. The van der Waals surface area contributed by atoms with Crippen LogP contribution in [0, 0.1) is 17.4 Å². The Morgan fingerprint density at radius 3 is 2.64 bits per heavy atom. The molecule has 0 saturated carbocycles. The zero-order chi connectivity index (χ0) is 20.1. The number of ether oxygens (including phenoxy) is 1. The first-order valence-corrected chi connectivity index (χ1v) is 10.1. The molecule has 0 aliphatic rings. The molecule has 0 radical (unpaired) electrons. The van der Waals surface area contributed by atoms with Crippen LogP contribution in [-0.2, 0) is 4.79 Å². The second-order valence-corrected chi connectivity index (χ2v) is 7.80. The van der Waals surface area contributed by atoms with Gasteiger partial charge in [-0.15, -0.1) is 0 Å². The smallest absolute Gasteiger partial charge is 0.277 e. The van der Waals surface area contributed by atoms with Gasteiger partial charge >= 0.3 is 0 Å². The third-order valence-electron chi connectivity index (χ3n) is 4.14. The van der Waals surface area contributed by atoms with Crippen molar-refractivity contribution >= 4 is 46.3 Å². The molecule has 144 valence electrons. The first-order chi connectivity index (χ1) is 13.5. The van der Waals surface area contributed by atoms with E-state index in [0.29, 0.717) is 10.8 Å². The minimum absolute atomic E-state index is 0.164. The molecule has 1 heterocycles. The molecule has 3 aromatic rings. The van der Waals surface area contributed by atoms with E-state index >= 15 is 0 Å². The maximum atomic E-state index is 11.9. The molecule has 3 rings (SSSR count). The molecule has 0 bridgehead atoms. The Hall–Kier alpha value is -2.32. The number of amides is 1. The molecule has 0 aliphatic heterocycles. The fourth-order valence-corrected chi connectivity index (χ4v) is 3.37. The second kappa shape index (κ2) is 9.25. The van der Waals surface area contributed by atoms with Crippen LogP contribution in [0.1, 0.15) is 17.0 Å². The van der Waals surface area contributed by atoms with Crippen LogP contribution in [0.4, 0.5) is 0 Å². The van der Waals surface area contributed by atoms with E-state index in [1.54, 1.807) is 30.5 Å². The summed E-state index contributed by atoms with van der Waals surface area (Å²) >= 11 is 8.28. The quantitative estimate of drug-likeness (QED) is 0.294. The Morgan fingerprint density at radius 1 is 1.21 bits per heavy atom. The van der Waals surface area contributed by atoms with Crippen molar-refractivity contribution in [1.29, 1.82) is 0 Å². The van der Waals surface area contributed by atoms with E-state index in [-0.39, 0.29) is 12.5 Å². The standard InChI is InChI=1S/C21H19ClIN3O2/c1-14-11-16(15(2)26(14)18-9-7-17(23)8-10-18)12-24-25-21(27)13-28-20-6-4-3-5-19(20)22/h3-12H,13H2,1-2H3,(H,25,27)/b24-12+. The Morgan fingerprint density at radius 2 is 1.93 bits per heavy atom. The van der Waals surface area contributed by atoms with Crippen molar-refractivity contribution in [2.45, 2.75) is 13.8 Å². The summed E-state index contributed by atoms with van der Waals surface area (Å²) in [5.41, 5.74) is 6.64. The highest BCUT2D eigenvalue weighted by atomic mass is 127. The lowest BCUT2D eigenvalue weighted by Crippen LogP contribution is -2.24. The van der Waals surface area contributed by atoms with Gasteiger partial charge in [-0.2, -0.15) is 5.10 Å². The number of aryl methyl sites for hydroxylation is 1. The number of carbonyl (C=O) groups excluding carboxylic acids is 1. The predicted molar refractivity (Wildman–Crippen MR) is 121 cm³/mol. The molecule has 1 aromatic heterocycles. The van der Waals surface area contributed by atoms with Crippen molar-refractivity contribution in [2.24, 2.45) is 5.10 Å². The maximum Gasteiger partial charge on any atom is 0.277 e. The summed E-state index contributed by atoms with van der Waals surface area (Å²) in [6.07, 6.45) is 1.64. The van der Waals surface area contributed by atoms with Crippen LogP contribution in [0.25, 0.3) is 5.69 Å². The number of halogens is 2. The summed E-state index contributed by atoms with van der Waals surface area (Å²) in [5, 5.41) is 4.51. The molecule has 7 heteroatoms. The van der Waals surface area contributed by atoms with Crippen molar-refractivity contribution in [3.05, 3.63) is 80.1 Å². The van der Waals surface area contributed by atoms with Gasteiger partial charge in [0.1, 0.15) is 5.75 Å². The highest BCUT2D eigenvalue weighted by molar-refractivity contribution is 14.1. The fourth-order valence-electron chi connectivity index (χ4n) is 2.82. The Kier molecular flexibility index (Phi) is 6.74. The van der Waals surface area contributed by atoms with Gasteiger partial charge in [-0.3, -0.25) is 4.79 Å². The van der Waals surface area contributed by atoms with Crippen molar-refractivity contribution in [3.63, 3.8) is 0 Å². The van der Waals surface area contributed by atoms with E-state index in [4.69, 9.17) is 16.3 Å². The number of carbonyl (C=O) groups is 1. The van der Waals surface area contributed by atoms with Crippen molar-refractivity contribution in [2.75, 3.05) is 6.61 Å². The third-order valence-corrected chi connectivity index (χ3v) is 5.17. The SMILES string of the molecule is Cc1cc(/C=N/NC(=O)COc2ccccc2Cl)c(C)n1-c1ccc(I)cc1. The van der Waals surface area contributed by atoms with Gasteiger partial charge in [0.05, 0.1) is 11.2 Å². The Labute approximate surface area is 182 Å².